The number of hydrogen-bond donors (Lipinski definition) is 1. The van der Waals surface area contributed by atoms with Crippen LogP contribution in [-0.2, 0) is 10.5 Å². The number of rotatable bonds is 4. The molecule has 1 atom stereocenters. The van der Waals surface area contributed by atoms with Crippen molar-refractivity contribution in [3.63, 3.8) is 0 Å². The van der Waals surface area contributed by atoms with Gasteiger partial charge in [-0.05, 0) is 31.0 Å². The number of carbonyl (C=O) groups is 1. The second-order valence-electron chi connectivity index (χ2n) is 5.24. The minimum atomic E-state index is -0.318. The molecule has 1 aliphatic heterocycles. The van der Waals surface area contributed by atoms with E-state index in [1.54, 1.807) is 30.2 Å². The first-order valence-corrected chi connectivity index (χ1v) is 8.37. The first kappa shape index (κ1) is 15.1. The van der Waals surface area contributed by atoms with Crippen LogP contribution in [0.3, 0.4) is 0 Å². The highest BCUT2D eigenvalue weighted by molar-refractivity contribution is 7.99. The number of halogens is 1. The SMILES string of the molecule is O=C1NCCCC[C@H]1SCc1coc(-c2cccc(F)c2)n1. The molecule has 0 spiro atoms. The largest absolute Gasteiger partial charge is 0.444 e. The Hall–Kier alpha value is -1.82. The number of aromatic nitrogens is 1. The van der Waals surface area contributed by atoms with Crippen LogP contribution < -0.4 is 5.32 Å². The topological polar surface area (TPSA) is 55.1 Å². The van der Waals surface area contributed by atoms with E-state index in [4.69, 9.17) is 4.42 Å². The number of oxazole rings is 1. The number of carbonyl (C=O) groups excluding carboxylic acids is 1. The fraction of sp³-hybridized carbons (Fsp3) is 0.375. The smallest absolute Gasteiger partial charge is 0.233 e. The highest BCUT2D eigenvalue weighted by Gasteiger charge is 2.21. The second-order valence-corrected chi connectivity index (χ2v) is 6.43. The minimum Gasteiger partial charge on any atom is -0.444 e. The summed E-state index contributed by atoms with van der Waals surface area (Å²) in [7, 11) is 0. The van der Waals surface area contributed by atoms with Crippen LogP contribution in [0.4, 0.5) is 4.39 Å². The quantitative estimate of drug-likeness (QED) is 0.938. The van der Waals surface area contributed by atoms with Crippen LogP contribution in [0, 0.1) is 5.82 Å². The molecule has 1 aromatic heterocycles. The Labute approximate surface area is 132 Å². The molecule has 4 nitrogen and oxygen atoms in total. The molecule has 3 rings (SSSR count). The Balaban J connectivity index is 1.63. The fourth-order valence-electron chi connectivity index (χ4n) is 2.38. The lowest BCUT2D eigenvalue weighted by Gasteiger charge is -2.11. The van der Waals surface area contributed by atoms with Gasteiger partial charge in [0.15, 0.2) is 0 Å². The van der Waals surface area contributed by atoms with Gasteiger partial charge in [-0.1, -0.05) is 12.5 Å². The maximum absolute atomic E-state index is 13.2. The van der Waals surface area contributed by atoms with Crippen molar-refractivity contribution in [2.45, 2.75) is 30.3 Å². The molecule has 2 aromatic rings. The first-order chi connectivity index (χ1) is 10.7. The van der Waals surface area contributed by atoms with Gasteiger partial charge in [-0.3, -0.25) is 4.79 Å². The van der Waals surface area contributed by atoms with Crippen molar-refractivity contribution < 1.29 is 13.6 Å². The lowest BCUT2D eigenvalue weighted by Crippen LogP contribution is -2.30. The molecule has 1 amide bonds. The molecular formula is C16H17FN2O2S. The molecule has 0 radical (unpaired) electrons. The zero-order chi connectivity index (χ0) is 15.4. The summed E-state index contributed by atoms with van der Waals surface area (Å²) in [5.41, 5.74) is 1.38. The molecule has 0 saturated carbocycles. The summed E-state index contributed by atoms with van der Waals surface area (Å²) in [6.45, 7) is 0.767. The Kier molecular flexibility index (Phi) is 4.77. The summed E-state index contributed by atoms with van der Waals surface area (Å²) in [4.78, 5) is 16.3. The molecule has 22 heavy (non-hydrogen) atoms. The summed E-state index contributed by atoms with van der Waals surface area (Å²) in [5.74, 6) is 0.801. The molecule has 0 bridgehead atoms. The van der Waals surface area contributed by atoms with E-state index >= 15 is 0 Å². The zero-order valence-electron chi connectivity index (χ0n) is 12.0. The maximum Gasteiger partial charge on any atom is 0.233 e. The average molecular weight is 320 g/mol. The number of amides is 1. The number of nitrogens with zero attached hydrogens (tertiary/aromatic N) is 1. The highest BCUT2D eigenvalue weighted by atomic mass is 32.2. The van der Waals surface area contributed by atoms with Gasteiger partial charge in [0.2, 0.25) is 11.8 Å². The lowest BCUT2D eigenvalue weighted by molar-refractivity contribution is -0.120. The summed E-state index contributed by atoms with van der Waals surface area (Å²) in [6.07, 6.45) is 4.56. The Morgan fingerprint density at radius 2 is 2.32 bits per heavy atom. The summed E-state index contributed by atoms with van der Waals surface area (Å²) in [5, 5.41) is 2.89. The van der Waals surface area contributed by atoms with Crippen LogP contribution in [0.5, 0.6) is 0 Å². The van der Waals surface area contributed by atoms with Gasteiger partial charge in [-0.25, -0.2) is 9.37 Å². The normalized spacial score (nSPS) is 18.8. The van der Waals surface area contributed by atoms with Crippen molar-refractivity contribution in [2.75, 3.05) is 6.54 Å². The van der Waals surface area contributed by atoms with E-state index in [0.29, 0.717) is 17.2 Å². The van der Waals surface area contributed by atoms with E-state index in [9.17, 15) is 9.18 Å². The molecule has 0 aliphatic carbocycles. The predicted molar refractivity (Wildman–Crippen MR) is 83.8 cm³/mol. The fourth-order valence-corrected chi connectivity index (χ4v) is 3.46. The van der Waals surface area contributed by atoms with Crippen LogP contribution >= 0.6 is 11.8 Å². The third-order valence-corrected chi connectivity index (χ3v) is 4.86. The maximum atomic E-state index is 13.2. The standard InChI is InChI=1S/C16H17FN2O2S/c17-12-5-3-4-11(8-12)16-19-13(9-21-16)10-22-14-6-1-2-7-18-15(14)20/h3-5,8-9,14H,1-2,6-7,10H2,(H,18,20)/t14-/m1/s1. The van der Waals surface area contributed by atoms with Crippen LogP contribution in [0.1, 0.15) is 25.0 Å². The van der Waals surface area contributed by atoms with Crippen LogP contribution in [-0.4, -0.2) is 22.7 Å². The van der Waals surface area contributed by atoms with Gasteiger partial charge in [-0.2, -0.15) is 0 Å². The molecular weight excluding hydrogens is 303 g/mol. The third-order valence-electron chi connectivity index (χ3n) is 3.54. The first-order valence-electron chi connectivity index (χ1n) is 7.32. The molecule has 1 aliphatic rings. The molecule has 1 saturated heterocycles. The van der Waals surface area contributed by atoms with E-state index in [2.05, 4.69) is 10.3 Å². The number of hydrogen-bond acceptors (Lipinski definition) is 4. The highest BCUT2D eigenvalue weighted by Crippen LogP contribution is 2.26. The van der Waals surface area contributed by atoms with Crippen molar-refractivity contribution in [2.24, 2.45) is 0 Å². The number of nitrogens with one attached hydrogen (secondary N) is 1. The monoisotopic (exact) mass is 320 g/mol. The number of thioether (sulfide) groups is 1. The molecule has 1 aromatic carbocycles. The van der Waals surface area contributed by atoms with Crippen molar-refractivity contribution in [1.82, 2.24) is 10.3 Å². The molecule has 6 heteroatoms. The average Bonchev–Trinajstić information content (AvgIpc) is 2.89. The second kappa shape index (κ2) is 6.96. The van der Waals surface area contributed by atoms with Gasteiger partial charge in [0, 0.05) is 17.9 Å². The van der Waals surface area contributed by atoms with Gasteiger partial charge >= 0.3 is 0 Å². The van der Waals surface area contributed by atoms with Crippen molar-refractivity contribution >= 4 is 17.7 Å². The van der Waals surface area contributed by atoms with E-state index in [-0.39, 0.29) is 17.0 Å². The van der Waals surface area contributed by atoms with Gasteiger partial charge in [0.1, 0.15) is 12.1 Å². The lowest BCUT2D eigenvalue weighted by atomic mass is 10.2. The van der Waals surface area contributed by atoms with Crippen LogP contribution in [0.15, 0.2) is 34.9 Å². The Bertz CT molecular complexity index is 659. The van der Waals surface area contributed by atoms with Crippen molar-refractivity contribution in [3.8, 4) is 11.5 Å². The van der Waals surface area contributed by atoms with E-state index in [1.807, 2.05) is 0 Å². The summed E-state index contributed by atoms with van der Waals surface area (Å²) >= 11 is 1.57. The van der Waals surface area contributed by atoms with E-state index < -0.39 is 0 Å². The van der Waals surface area contributed by atoms with Gasteiger partial charge in [-0.15, -0.1) is 11.8 Å². The molecule has 1 fully saturated rings. The third kappa shape index (κ3) is 3.68. The van der Waals surface area contributed by atoms with Gasteiger partial charge in [0.25, 0.3) is 0 Å². The molecule has 1 N–H and O–H groups in total. The van der Waals surface area contributed by atoms with Gasteiger partial charge < -0.3 is 9.73 Å². The zero-order valence-corrected chi connectivity index (χ0v) is 12.9. The minimum absolute atomic E-state index is 0.0307. The molecule has 2 heterocycles. The number of benzene rings is 1. The van der Waals surface area contributed by atoms with Crippen LogP contribution in [0.25, 0.3) is 11.5 Å². The van der Waals surface area contributed by atoms with E-state index in [1.165, 1.54) is 12.1 Å². The summed E-state index contributed by atoms with van der Waals surface area (Å²) < 4.78 is 18.6. The van der Waals surface area contributed by atoms with Crippen molar-refractivity contribution in [1.29, 1.82) is 0 Å². The Morgan fingerprint density at radius 1 is 1.41 bits per heavy atom. The Morgan fingerprint density at radius 3 is 3.18 bits per heavy atom. The molecule has 0 unspecified atom stereocenters. The van der Waals surface area contributed by atoms with Crippen LogP contribution in [0.2, 0.25) is 0 Å². The summed E-state index contributed by atoms with van der Waals surface area (Å²) in [6, 6.07) is 6.15. The predicted octanol–water partition coefficient (Wildman–Crippen LogP) is 3.38. The van der Waals surface area contributed by atoms with Gasteiger partial charge in [0.05, 0.1) is 10.9 Å². The molecule has 116 valence electrons. The van der Waals surface area contributed by atoms with E-state index in [0.717, 1.165) is 31.5 Å². The van der Waals surface area contributed by atoms with Crippen molar-refractivity contribution in [3.05, 3.63) is 42.0 Å².